The standard InChI is InChI=1S/C32H30F2N8O2S/c1-45(43,44)37-16-19-9-22(12-24(33)11-19)25-5-6-36-31-29(25)38-32(39-31)30-26-13-21(14-27(34)28(26)40-41-30)23-10-20(15-35-17-23)18-42-7-3-2-4-8-42/h5-6,9-15,17,37H,2-4,7-8,16,18H2,1H3,(H,40,41)(H,36,38,39). The van der Waals surface area contributed by atoms with Crippen LogP contribution in [-0.4, -0.2) is 62.8 Å². The number of fused-ring (bicyclic) bond motifs is 2. The first kappa shape index (κ1) is 29.1. The third-order valence-electron chi connectivity index (χ3n) is 8.02. The summed E-state index contributed by atoms with van der Waals surface area (Å²) in [5.74, 6) is -0.609. The number of hydrogen-bond donors (Lipinski definition) is 3. The van der Waals surface area contributed by atoms with Gasteiger partial charge in [0.1, 0.15) is 28.4 Å². The highest BCUT2D eigenvalue weighted by atomic mass is 32.2. The summed E-state index contributed by atoms with van der Waals surface area (Å²) in [6.07, 6.45) is 9.87. The Hall–Kier alpha value is -4.59. The molecular formula is C32H30F2N8O2S. The lowest BCUT2D eigenvalue weighted by Gasteiger charge is -2.26. The summed E-state index contributed by atoms with van der Waals surface area (Å²) in [6.45, 7) is 2.88. The maximum absolute atomic E-state index is 15.4. The third kappa shape index (κ3) is 6.19. The van der Waals surface area contributed by atoms with Gasteiger partial charge in [0.25, 0.3) is 0 Å². The normalized spacial score (nSPS) is 14.5. The number of imidazole rings is 1. The molecule has 0 saturated carbocycles. The summed E-state index contributed by atoms with van der Waals surface area (Å²) in [4.78, 5) is 19.2. The van der Waals surface area contributed by atoms with E-state index in [1.165, 1.54) is 37.5 Å². The number of rotatable bonds is 8. The van der Waals surface area contributed by atoms with Gasteiger partial charge in [-0.15, -0.1) is 0 Å². The number of sulfonamides is 1. The van der Waals surface area contributed by atoms with Crippen molar-refractivity contribution < 1.29 is 17.2 Å². The van der Waals surface area contributed by atoms with E-state index in [0.29, 0.717) is 50.3 Å². The smallest absolute Gasteiger partial charge is 0.209 e. The number of piperidine rings is 1. The number of halogens is 2. The van der Waals surface area contributed by atoms with Crippen LogP contribution in [0.5, 0.6) is 0 Å². The molecule has 1 aliphatic rings. The first-order valence-corrected chi connectivity index (χ1v) is 16.5. The topological polar surface area (TPSA) is 133 Å². The third-order valence-corrected chi connectivity index (χ3v) is 8.69. The van der Waals surface area contributed by atoms with Gasteiger partial charge in [-0.25, -0.2) is 31.9 Å². The van der Waals surface area contributed by atoms with Crippen LogP contribution in [0, 0.1) is 11.6 Å². The predicted molar refractivity (Wildman–Crippen MR) is 168 cm³/mol. The molecule has 0 amide bonds. The molecule has 13 heteroatoms. The van der Waals surface area contributed by atoms with E-state index in [0.717, 1.165) is 37.0 Å². The molecule has 45 heavy (non-hydrogen) atoms. The molecule has 230 valence electrons. The summed E-state index contributed by atoms with van der Waals surface area (Å²) in [6, 6.07) is 11.4. The van der Waals surface area contributed by atoms with Crippen molar-refractivity contribution in [2.75, 3.05) is 19.3 Å². The Morgan fingerprint density at radius 2 is 1.78 bits per heavy atom. The number of H-pyrrole nitrogens is 2. The van der Waals surface area contributed by atoms with Crippen LogP contribution in [0.3, 0.4) is 0 Å². The zero-order valence-corrected chi connectivity index (χ0v) is 25.3. The van der Waals surface area contributed by atoms with Crippen LogP contribution in [0.15, 0.2) is 61.1 Å². The van der Waals surface area contributed by atoms with Crippen LogP contribution in [-0.2, 0) is 23.1 Å². The van der Waals surface area contributed by atoms with E-state index < -0.39 is 21.7 Å². The molecule has 10 nitrogen and oxygen atoms in total. The molecule has 0 radical (unpaired) electrons. The summed E-state index contributed by atoms with van der Waals surface area (Å²) >= 11 is 0. The van der Waals surface area contributed by atoms with E-state index in [9.17, 15) is 12.8 Å². The van der Waals surface area contributed by atoms with Gasteiger partial charge in [0, 0.05) is 48.2 Å². The highest BCUT2D eigenvalue weighted by Crippen LogP contribution is 2.34. The number of likely N-dealkylation sites (tertiary alicyclic amines) is 1. The van der Waals surface area contributed by atoms with E-state index in [4.69, 9.17) is 4.98 Å². The Morgan fingerprint density at radius 1 is 0.956 bits per heavy atom. The van der Waals surface area contributed by atoms with Gasteiger partial charge in [-0.2, -0.15) is 5.10 Å². The molecule has 3 N–H and O–H groups in total. The minimum atomic E-state index is -3.46. The second kappa shape index (κ2) is 11.7. The molecule has 0 unspecified atom stereocenters. The van der Waals surface area contributed by atoms with Gasteiger partial charge < -0.3 is 4.98 Å². The number of aromatic nitrogens is 6. The molecular weight excluding hydrogens is 598 g/mol. The van der Waals surface area contributed by atoms with E-state index >= 15 is 4.39 Å². The zero-order valence-electron chi connectivity index (χ0n) is 24.4. The molecule has 1 aliphatic heterocycles. The quantitative estimate of drug-likeness (QED) is 0.202. The molecule has 0 bridgehead atoms. The zero-order chi connectivity index (χ0) is 31.1. The Bertz CT molecular complexity index is 2160. The number of aromatic amines is 2. The van der Waals surface area contributed by atoms with Gasteiger partial charge in [0.15, 0.2) is 11.5 Å². The molecule has 5 heterocycles. The Kier molecular flexibility index (Phi) is 7.59. The first-order chi connectivity index (χ1) is 21.7. The lowest BCUT2D eigenvalue weighted by Crippen LogP contribution is -2.29. The summed E-state index contributed by atoms with van der Waals surface area (Å²) in [5.41, 5.74) is 5.63. The van der Waals surface area contributed by atoms with Gasteiger partial charge in [-0.3, -0.25) is 15.0 Å². The summed E-state index contributed by atoms with van der Waals surface area (Å²) in [5, 5.41) is 7.73. The predicted octanol–water partition coefficient (Wildman–Crippen LogP) is 5.54. The van der Waals surface area contributed by atoms with E-state index in [1.54, 1.807) is 24.5 Å². The maximum atomic E-state index is 15.4. The highest BCUT2D eigenvalue weighted by molar-refractivity contribution is 7.88. The molecule has 4 aromatic heterocycles. The monoisotopic (exact) mass is 628 g/mol. The summed E-state index contributed by atoms with van der Waals surface area (Å²) in [7, 11) is -3.46. The number of pyridine rings is 2. The Balaban J connectivity index is 1.25. The van der Waals surface area contributed by atoms with Gasteiger partial charge >= 0.3 is 0 Å². The van der Waals surface area contributed by atoms with Gasteiger partial charge in [0.05, 0.1) is 6.26 Å². The lowest BCUT2D eigenvalue weighted by molar-refractivity contribution is 0.220. The molecule has 0 spiro atoms. The average molecular weight is 629 g/mol. The fourth-order valence-corrected chi connectivity index (χ4v) is 6.34. The van der Waals surface area contributed by atoms with E-state index in [2.05, 4.69) is 40.8 Å². The summed E-state index contributed by atoms with van der Waals surface area (Å²) < 4.78 is 55.6. The van der Waals surface area contributed by atoms with Crippen LogP contribution in [0.1, 0.15) is 30.4 Å². The largest absolute Gasteiger partial charge is 0.321 e. The van der Waals surface area contributed by atoms with E-state index in [-0.39, 0.29) is 12.1 Å². The molecule has 2 aromatic carbocycles. The van der Waals surface area contributed by atoms with Crippen LogP contribution >= 0.6 is 0 Å². The Labute approximate surface area is 258 Å². The molecule has 0 atom stereocenters. The number of hydrogen-bond acceptors (Lipinski definition) is 7. The number of benzene rings is 2. The molecule has 1 saturated heterocycles. The number of nitrogens with zero attached hydrogens (tertiary/aromatic N) is 5. The van der Waals surface area contributed by atoms with Gasteiger partial charge in [-0.1, -0.05) is 6.42 Å². The second-order valence-corrected chi connectivity index (χ2v) is 13.3. The van der Waals surface area contributed by atoms with Gasteiger partial charge in [-0.05, 0) is 90.6 Å². The van der Waals surface area contributed by atoms with Crippen LogP contribution in [0.4, 0.5) is 8.78 Å². The van der Waals surface area contributed by atoms with Crippen molar-refractivity contribution in [3.05, 3.63) is 83.8 Å². The lowest BCUT2D eigenvalue weighted by atomic mass is 10.0. The fraction of sp³-hybridized carbons (Fsp3) is 0.250. The molecule has 0 aliphatic carbocycles. The van der Waals surface area contributed by atoms with Crippen LogP contribution in [0.2, 0.25) is 0 Å². The maximum Gasteiger partial charge on any atom is 0.209 e. The van der Waals surface area contributed by atoms with E-state index in [1.807, 2.05) is 12.3 Å². The van der Waals surface area contributed by atoms with Crippen LogP contribution < -0.4 is 4.72 Å². The van der Waals surface area contributed by atoms with Crippen molar-refractivity contribution in [1.29, 1.82) is 0 Å². The first-order valence-electron chi connectivity index (χ1n) is 14.6. The van der Waals surface area contributed by atoms with Crippen molar-refractivity contribution in [3.8, 4) is 33.8 Å². The number of nitrogens with one attached hydrogen (secondary N) is 3. The molecule has 6 aromatic rings. The minimum Gasteiger partial charge on any atom is -0.321 e. The highest BCUT2D eigenvalue weighted by Gasteiger charge is 2.20. The Morgan fingerprint density at radius 3 is 2.60 bits per heavy atom. The van der Waals surface area contributed by atoms with Gasteiger partial charge in [0.2, 0.25) is 10.0 Å². The SMILES string of the molecule is CS(=O)(=O)NCc1cc(F)cc(-c2ccnc3[nH]c(-c4n[nH]c5c(F)cc(-c6cncc(CN7CCCCC7)c6)cc45)nc23)c1. The molecule has 1 fully saturated rings. The minimum absolute atomic E-state index is 0.0620. The average Bonchev–Trinajstić information content (AvgIpc) is 3.65. The second-order valence-electron chi connectivity index (χ2n) is 11.5. The molecule has 7 rings (SSSR count). The van der Waals surface area contributed by atoms with Crippen molar-refractivity contribution in [2.24, 2.45) is 0 Å². The van der Waals surface area contributed by atoms with Crippen LogP contribution in [0.25, 0.3) is 55.8 Å². The van der Waals surface area contributed by atoms with Crippen molar-refractivity contribution in [1.82, 2.24) is 39.8 Å². The van der Waals surface area contributed by atoms with Crippen molar-refractivity contribution in [3.63, 3.8) is 0 Å². The fourth-order valence-electron chi connectivity index (χ4n) is 5.91. The van der Waals surface area contributed by atoms with Crippen molar-refractivity contribution in [2.45, 2.75) is 32.4 Å². The van der Waals surface area contributed by atoms with Crippen molar-refractivity contribution >= 4 is 32.1 Å².